The number of aromatic nitrogens is 1. The van der Waals surface area contributed by atoms with Gasteiger partial charge in [0, 0.05) is 16.6 Å². The molecule has 20 heavy (non-hydrogen) atoms. The van der Waals surface area contributed by atoms with Crippen LogP contribution < -0.4 is 0 Å². The third-order valence-electron chi connectivity index (χ3n) is 3.94. The maximum absolute atomic E-state index is 3.51. The van der Waals surface area contributed by atoms with Gasteiger partial charge in [0.2, 0.25) is 0 Å². The summed E-state index contributed by atoms with van der Waals surface area (Å²) in [5.74, 6) is 0. The van der Waals surface area contributed by atoms with Crippen LogP contribution in [0.5, 0.6) is 0 Å². The van der Waals surface area contributed by atoms with Crippen molar-refractivity contribution in [2.75, 3.05) is 0 Å². The summed E-state index contributed by atoms with van der Waals surface area (Å²) in [7, 11) is 0. The Morgan fingerprint density at radius 2 is 1.60 bits per heavy atom. The van der Waals surface area contributed by atoms with Crippen molar-refractivity contribution >= 4 is 10.9 Å². The third kappa shape index (κ3) is 2.24. The lowest BCUT2D eigenvalue weighted by molar-refractivity contribution is 0.590. The summed E-state index contributed by atoms with van der Waals surface area (Å²) in [6, 6.07) is 17.5. The van der Waals surface area contributed by atoms with Crippen molar-refractivity contribution in [2.45, 2.75) is 33.1 Å². The molecule has 1 N–H and O–H groups in total. The number of rotatable bonds is 1. The fourth-order valence-electron chi connectivity index (χ4n) is 2.61. The number of fused-ring (bicyclic) bond motifs is 1. The lowest BCUT2D eigenvalue weighted by Gasteiger charge is -2.19. The van der Waals surface area contributed by atoms with Gasteiger partial charge in [0.25, 0.3) is 0 Å². The lowest BCUT2D eigenvalue weighted by atomic mass is 9.86. The highest BCUT2D eigenvalue weighted by molar-refractivity contribution is 5.88. The highest BCUT2D eigenvalue weighted by atomic mass is 14.7. The maximum Gasteiger partial charge on any atom is 0.0464 e. The van der Waals surface area contributed by atoms with E-state index in [9.17, 15) is 0 Å². The van der Waals surface area contributed by atoms with Crippen LogP contribution in [0.4, 0.5) is 0 Å². The summed E-state index contributed by atoms with van der Waals surface area (Å²) >= 11 is 0. The molecule has 0 saturated heterocycles. The van der Waals surface area contributed by atoms with E-state index in [0.717, 1.165) is 0 Å². The number of H-pyrrole nitrogens is 1. The molecule has 1 heteroatoms. The molecule has 1 aromatic heterocycles. The highest BCUT2D eigenvalue weighted by Gasteiger charge is 2.13. The van der Waals surface area contributed by atoms with Crippen molar-refractivity contribution in [1.82, 2.24) is 4.98 Å². The van der Waals surface area contributed by atoms with Gasteiger partial charge in [-0.2, -0.15) is 0 Å². The van der Waals surface area contributed by atoms with Crippen LogP contribution in [-0.4, -0.2) is 4.98 Å². The van der Waals surface area contributed by atoms with Gasteiger partial charge in [0.1, 0.15) is 0 Å². The second-order valence-corrected chi connectivity index (χ2v) is 6.55. The number of nitrogens with one attached hydrogen (secondary N) is 1. The number of hydrogen-bond donors (Lipinski definition) is 1. The van der Waals surface area contributed by atoms with E-state index in [1.54, 1.807) is 0 Å². The Kier molecular flexibility index (Phi) is 2.93. The van der Waals surface area contributed by atoms with Gasteiger partial charge < -0.3 is 4.98 Å². The molecule has 0 aliphatic rings. The molecule has 102 valence electrons. The first kappa shape index (κ1) is 13.0. The summed E-state index contributed by atoms with van der Waals surface area (Å²) in [4.78, 5) is 3.51. The van der Waals surface area contributed by atoms with E-state index in [1.807, 2.05) is 0 Å². The van der Waals surface area contributed by atoms with Crippen LogP contribution in [0.3, 0.4) is 0 Å². The van der Waals surface area contributed by atoms with Crippen LogP contribution >= 0.6 is 0 Å². The molecule has 0 fully saturated rings. The summed E-state index contributed by atoms with van der Waals surface area (Å²) in [6.45, 7) is 8.89. The largest absolute Gasteiger partial charge is 0.355 e. The fraction of sp³-hybridized carbons (Fsp3) is 0.263. The molecule has 0 unspecified atom stereocenters. The van der Waals surface area contributed by atoms with E-state index < -0.39 is 0 Å². The van der Waals surface area contributed by atoms with Crippen molar-refractivity contribution in [1.29, 1.82) is 0 Å². The summed E-state index contributed by atoms with van der Waals surface area (Å²) < 4.78 is 0. The van der Waals surface area contributed by atoms with Crippen molar-refractivity contribution in [3.05, 3.63) is 59.7 Å². The Hall–Kier alpha value is -2.02. The first-order chi connectivity index (χ1) is 9.45. The molecule has 0 bridgehead atoms. The number of aryl methyl sites for hydroxylation is 1. The topological polar surface area (TPSA) is 15.8 Å². The molecule has 1 heterocycles. The van der Waals surface area contributed by atoms with Gasteiger partial charge in [0.05, 0.1) is 0 Å². The van der Waals surface area contributed by atoms with Crippen LogP contribution in [-0.2, 0) is 5.41 Å². The fourth-order valence-corrected chi connectivity index (χ4v) is 2.61. The number of hydrogen-bond acceptors (Lipinski definition) is 0. The van der Waals surface area contributed by atoms with E-state index in [2.05, 4.69) is 81.2 Å². The van der Waals surface area contributed by atoms with Crippen molar-refractivity contribution in [3.63, 3.8) is 0 Å². The molecular weight excluding hydrogens is 242 g/mol. The zero-order chi connectivity index (χ0) is 14.3. The standard InChI is InChI=1S/C19H21N/c1-13-6-5-7-17-16(13)12-18(20-17)14-8-10-15(11-9-14)19(2,3)4/h5-12,20H,1-4H3. The van der Waals surface area contributed by atoms with Crippen LogP contribution in [0.1, 0.15) is 31.9 Å². The lowest BCUT2D eigenvalue weighted by Crippen LogP contribution is -2.10. The van der Waals surface area contributed by atoms with Gasteiger partial charge >= 0.3 is 0 Å². The van der Waals surface area contributed by atoms with E-state index >= 15 is 0 Å². The van der Waals surface area contributed by atoms with E-state index in [1.165, 1.54) is 33.3 Å². The average molecular weight is 263 g/mol. The molecule has 1 nitrogen and oxygen atoms in total. The van der Waals surface area contributed by atoms with Crippen molar-refractivity contribution in [2.24, 2.45) is 0 Å². The minimum atomic E-state index is 0.204. The minimum absolute atomic E-state index is 0.204. The molecule has 0 amide bonds. The molecule has 0 saturated carbocycles. The minimum Gasteiger partial charge on any atom is -0.355 e. The van der Waals surface area contributed by atoms with Gasteiger partial charge in [-0.25, -0.2) is 0 Å². The van der Waals surface area contributed by atoms with E-state index in [0.29, 0.717) is 0 Å². The van der Waals surface area contributed by atoms with Gasteiger partial charge in [-0.1, -0.05) is 57.2 Å². The molecule has 0 spiro atoms. The Morgan fingerprint density at radius 1 is 0.900 bits per heavy atom. The van der Waals surface area contributed by atoms with Crippen LogP contribution in [0, 0.1) is 6.92 Å². The van der Waals surface area contributed by atoms with Crippen molar-refractivity contribution < 1.29 is 0 Å². The second-order valence-electron chi connectivity index (χ2n) is 6.55. The quantitative estimate of drug-likeness (QED) is 0.601. The summed E-state index contributed by atoms with van der Waals surface area (Å²) in [5.41, 5.74) is 6.53. The van der Waals surface area contributed by atoms with Gasteiger partial charge in [-0.3, -0.25) is 0 Å². The molecule has 3 aromatic rings. The number of aromatic amines is 1. The van der Waals surface area contributed by atoms with Crippen LogP contribution in [0.15, 0.2) is 48.5 Å². The zero-order valence-electron chi connectivity index (χ0n) is 12.6. The molecule has 0 radical (unpaired) electrons. The average Bonchev–Trinajstić information content (AvgIpc) is 2.83. The first-order valence-corrected chi connectivity index (χ1v) is 7.14. The molecule has 0 aliphatic heterocycles. The molecule has 3 rings (SSSR count). The Labute approximate surface area is 120 Å². The Balaban J connectivity index is 2.05. The molecule has 0 atom stereocenters. The molecule has 2 aromatic carbocycles. The maximum atomic E-state index is 3.51. The molecular formula is C19H21N. The van der Waals surface area contributed by atoms with Crippen LogP contribution in [0.25, 0.3) is 22.2 Å². The third-order valence-corrected chi connectivity index (χ3v) is 3.94. The molecule has 0 aliphatic carbocycles. The first-order valence-electron chi connectivity index (χ1n) is 7.14. The smallest absolute Gasteiger partial charge is 0.0464 e. The monoisotopic (exact) mass is 263 g/mol. The predicted octanol–water partition coefficient (Wildman–Crippen LogP) is 5.44. The van der Waals surface area contributed by atoms with Gasteiger partial charge in [-0.05, 0) is 41.2 Å². The van der Waals surface area contributed by atoms with Gasteiger partial charge in [-0.15, -0.1) is 0 Å². The van der Waals surface area contributed by atoms with Gasteiger partial charge in [0.15, 0.2) is 0 Å². The Morgan fingerprint density at radius 3 is 2.20 bits per heavy atom. The second kappa shape index (κ2) is 4.52. The van der Waals surface area contributed by atoms with Crippen molar-refractivity contribution in [3.8, 4) is 11.3 Å². The normalized spacial score (nSPS) is 12.0. The summed E-state index contributed by atoms with van der Waals surface area (Å²) in [5, 5.41) is 1.31. The Bertz CT molecular complexity index is 740. The van der Waals surface area contributed by atoms with Crippen LogP contribution in [0.2, 0.25) is 0 Å². The van der Waals surface area contributed by atoms with E-state index in [-0.39, 0.29) is 5.41 Å². The van der Waals surface area contributed by atoms with E-state index in [4.69, 9.17) is 0 Å². The summed E-state index contributed by atoms with van der Waals surface area (Å²) in [6.07, 6.45) is 0. The SMILES string of the molecule is Cc1cccc2[nH]c(-c3ccc(C(C)(C)C)cc3)cc12. The predicted molar refractivity (Wildman–Crippen MR) is 87.2 cm³/mol. The zero-order valence-corrected chi connectivity index (χ0v) is 12.6. The highest BCUT2D eigenvalue weighted by Crippen LogP contribution is 2.28. The number of benzene rings is 2.